The van der Waals surface area contributed by atoms with Gasteiger partial charge in [-0.1, -0.05) is 11.6 Å². The van der Waals surface area contributed by atoms with Gasteiger partial charge in [0, 0.05) is 11.1 Å². The number of benzene rings is 1. The van der Waals surface area contributed by atoms with E-state index in [-0.39, 0.29) is 0 Å². The Morgan fingerprint density at radius 1 is 1.25 bits per heavy atom. The van der Waals surface area contributed by atoms with Gasteiger partial charge in [-0.2, -0.15) is 0 Å². The summed E-state index contributed by atoms with van der Waals surface area (Å²) in [6.45, 7) is 4.07. The van der Waals surface area contributed by atoms with Gasteiger partial charge < -0.3 is 5.01 Å². The molecular weight excluding hydrogens is 172 g/mol. The fraction of sp³-hybridized carbons (Fsp3) is 0.333. The Hall–Kier alpha value is -0.730. The summed E-state index contributed by atoms with van der Waals surface area (Å²) in [5, 5.41) is 2.44. The summed E-state index contributed by atoms with van der Waals surface area (Å²) in [5.74, 6) is 5.78. The van der Waals surface area contributed by atoms with Crippen molar-refractivity contribution in [1.82, 2.24) is 0 Å². The Morgan fingerprint density at radius 2 is 1.75 bits per heavy atom. The molecule has 0 atom stereocenters. The molecule has 0 aliphatic heterocycles. The highest BCUT2D eigenvalue weighted by Gasteiger charge is 2.03. The third-order valence-electron chi connectivity index (χ3n) is 1.68. The predicted molar refractivity (Wildman–Crippen MR) is 53.3 cm³/mol. The minimum absolute atomic E-state index is 0.297. The number of hydrogen-bond acceptors (Lipinski definition) is 2. The number of nitrogens with two attached hydrogens (primary N) is 1. The van der Waals surface area contributed by atoms with Crippen LogP contribution in [0.4, 0.5) is 5.69 Å². The number of rotatable bonds is 2. The molecule has 1 aromatic rings. The van der Waals surface area contributed by atoms with E-state index in [1.54, 1.807) is 5.01 Å². The molecule has 12 heavy (non-hydrogen) atoms. The second-order valence-electron chi connectivity index (χ2n) is 2.98. The molecule has 0 aliphatic rings. The van der Waals surface area contributed by atoms with Crippen LogP contribution in [0.5, 0.6) is 0 Å². The van der Waals surface area contributed by atoms with Crippen molar-refractivity contribution in [3.8, 4) is 0 Å². The van der Waals surface area contributed by atoms with E-state index in [0.717, 1.165) is 10.7 Å². The van der Waals surface area contributed by atoms with Crippen molar-refractivity contribution in [2.75, 3.05) is 5.01 Å². The molecule has 0 saturated carbocycles. The molecule has 0 spiro atoms. The third-order valence-corrected chi connectivity index (χ3v) is 1.93. The number of hydrazine groups is 1. The van der Waals surface area contributed by atoms with E-state index in [9.17, 15) is 0 Å². The molecule has 0 bridgehead atoms. The number of anilines is 1. The molecule has 3 heteroatoms. The highest BCUT2D eigenvalue weighted by atomic mass is 35.5. The van der Waals surface area contributed by atoms with Crippen molar-refractivity contribution in [3.63, 3.8) is 0 Å². The van der Waals surface area contributed by atoms with Crippen molar-refractivity contribution in [2.24, 2.45) is 5.84 Å². The lowest BCUT2D eigenvalue weighted by Gasteiger charge is -2.22. The van der Waals surface area contributed by atoms with E-state index in [4.69, 9.17) is 17.4 Å². The Balaban J connectivity index is 2.82. The SMILES string of the molecule is CC(C)N(N)c1ccc(Cl)cc1. The number of nitrogens with zero attached hydrogens (tertiary/aromatic N) is 1. The third kappa shape index (κ3) is 2.13. The first-order valence-corrected chi connectivity index (χ1v) is 4.28. The molecule has 0 aromatic heterocycles. The van der Waals surface area contributed by atoms with E-state index >= 15 is 0 Å². The summed E-state index contributed by atoms with van der Waals surface area (Å²) < 4.78 is 0. The summed E-state index contributed by atoms with van der Waals surface area (Å²) in [6, 6.07) is 7.77. The van der Waals surface area contributed by atoms with Gasteiger partial charge in [0.2, 0.25) is 0 Å². The molecule has 1 rings (SSSR count). The Labute approximate surface area is 77.9 Å². The largest absolute Gasteiger partial charge is 0.309 e. The second-order valence-corrected chi connectivity index (χ2v) is 3.41. The van der Waals surface area contributed by atoms with Gasteiger partial charge in [0.1, 0.15) is 0 Å². The predicted octanol–water partition coefficient (Wildman–Crippen LogP) is 2.43. The van der Waals surface area contributed by atoms with Gasteiger partial charge in [-0.15, -0.1) is 0 Å². The van der Waals surface area contributed by atoms with Crippen LogP contribution in [0.3, 0.4) is 0 Å². The van der Waals surface area contributed by atoms with Crippen molar-refractivity contribution in [2.45, 2.75) is 19.9 Å². The van der Waals surface area contributed by atoms with Crippen LogP contribution in [0.2, 0.25) is 5.02 Å². The molecule has 0 saturated heterocycles. The van der Waals surface area contributed by atoms with Crippen molar-refractivity contribution in [3.05, 3.63) is 29.3 Å². The van der Waals surface area contributed by atoms with Crippen LogP contribution >= 0.6 is 11.6 Å². The Morgan fingerprint density at radius 3 is 2.17 bits per heavy atom. The Bertz CT molecular complexity index is 243. The quantitative estimate of drug-likeness (QED) is 0.565. The standard InChI is InChI=1S/C9H13ClN2/c1-7(2)12(11)9-5-3-8(10)4-6-9/h3-7H,11H2,1-2H3. The summed E-state index contributed by atoms with van der Waals surface area (Å²) in [6.07, 6.45) is 0. The summed E-state index contributed by atoms with van der Waals surface area (Å²) in [5.41, 5.74) is 0.981. The van der Waals surface area contributed by atoms with Crippen LogP contribution in [0.1, 0.15) is 13.8 Å². The molecule has 1 aromatic carbocycles. The van der Waals surface area contributed by atoms with Gasteiger partial charge in [0.05, 0.1) is 5.69 Å². The lowest BCUT2D eigenvalue weighted by atomic mass is 10.3. The zero-order valence-electron chi connectivity index (χ0n) is 7.29. The van der Waals surface area contributed by atoms with Crippen LogP contribution in [0.15, 0.2) is 24.3 Å². The molecule has 0 fully saturated rings. The van der Waals surface area contributed by atoms with E-state index in [1.165, 1.54) is 0 Å². The van der Waals surface area contributed by atoms with Gasteiger partial charge in [-0.25, -0.2) is 5.84 Å². The summed E-state index contributed by atoms with van der Waals surface area (Å²) >= 11 is 5.74. The molecule has 2 N–H and O–H groups in total. The average molecular weight is 185 g/mol. The first-order valence-electron chi connectivity index (χ1n) is 3.91. The monoisotopic (exact) mass is 184 g/mol. The average Bonchev–Trinajstić information content (AvgIpc) is 2.04. The van der Waals surface area contributed by atoms with Crippen molar-refractivity contribution < 1.29 is 0 Å². The topological polar surface area (TPSA) is 29.3 Å². The first kappa shape index (κ1) is 9.36. The van der Waals surface area contributed by atoms with Gasteiger partial charge >= 0.3 is 0 Å². The highest BCUT2D eigenvalue weighted by Crippen LogP contribution is 2.16. The van der Waals surface area contributed by atoms with Gasteiger partial charge in [-0.05, 0) is 38.1 Å². The van der Waals surface area contributed by atoms with Gasteiger partial charge in [-0.3, -0.25) is 0 Å². The number of hydrogen-bond donors (Lipinski definition) is 1. The zero-order chi connectivity index (χ0) is 9.14. The maximum Gasteiger partial charge on any atom is 0.0521 e. The molecular formula is C9H13ClN2. The molecule has 66 valence electrons. The molecule has 0 amide bonds. The summed E-state index contributed by atoms with van der Waals surface area (Å²) in [7, 11) is 0. The molecule has 0 radical (unpaired) electrons. The molecule has 0 heterocycles. The van der Waals surface area contributed by atoms with E-state index in [2.05, 4.69) is 0 Å². The van der Waals surface area contributed by atoms with Crippen LogP contribution in [-0.2, 0) is 0 Å². The highest BCUT2D eigenvalue weighted by molar-refractivity contribution is 6.30. The molecule has 0 unspecified atom stereocenters. The second kappa shape index (κ2) is 3.78. The van der Waals surface area contributed by atoms with Crippen LogP contribution in [0.25, 0.3) is 0 Å². The zero-order valence-corrected chi connectivity index (χ0v) is 8.05. The summed E-state index contributed by atoms with van der Waals surface area (Å²) in [4.78, 5) is 0. The van der Waals surface area contributed by atoms with E-state index in [0.29, 0.717) is 6.04 Å². The lowest BCUT2D eigenvalue weighted by molar-refractivity contribution is 0.711. The minimum Gasteiger partial charge on any atom is -0.309 e. The van der Waals surface area contributed by atoms with Crippen LogP contribution < -0.4 is 10.9 Å². The maximum absolute atomic E-state index is 5.78. The fourth-order valence-corrected chi connectivity index (χ4v) is 1.04. The first-order chi connectivity index (χ1) is 5.61. The van der Waals surface area contributed by atoms with Gasteiger partial charge in [0.15, 0.2) is 0 Å². The smallest absolute Gasteiger partial charge is 0.0521 e. The van der Waals surface area contributed by atoms with Crippen LogP contribution in [0, 0.1) is 0 Å². The fourth-order valence-electron chi connectivity index (χ4n) is 0.911. The Kier molecular flexibility index (Phi) is 2.95. The number of halogens is 1. The maximum atomic E-state index is 5.78. The van der Waals surface area contributed by atoms with Crippen LogP contribution in [-0.4, -0.2) is 6.04 Å². The minimum atomic E-state index is 0.297. The molecule has 2 nitrogen and oxygen atoms in total. The van der Waals surface area contributed by atoms with Crippen molar-refractivity contribution >= 4 is 17.3 Å². The lowest BCUT2D eigenvalue weighted by Crippen LogP contribution is -2.37. The normalized spacial score (nSPS) is 10.4. The molecule has 0 aliphatic carbocycles. The van der Waals surface area contributed by atoms with Gasteiger partial charge in [0.25, 0.3) is 0 Å². The van der Waals surface area contributed by atoms with Crippen molar-refractivity contribution in [1.29, 1.82) is 0 Å². The van der Waals surface area contributed by atoms with E-state index < -0.39 is 0 Å². The van der Waals surface area contributed by atoms with E-state index in [1.807, 2.05) is 38.1 Å².